The Morgan fingerprint density at radius 3 is 2.32 bits per heavy atom. The van der Waals surface area contributed by atoms with Crippen molar-refractivity contribution in [3.63, 3.8) is 0 Å². The van der Waals surface area contributed by atoms with Crippen molar-refractivity contribution in [2.45, 2.75) is 58.5 Å². The molecule has 5 heteroatoms. The molecule has 0 bridgehead atoms. The smallest absolute Gasteiger partial charge is 0.136 e. The number of hydrogen-bond acceptors (Lipinski definition) is 4. The number of aryl methyl sites for hydroxylation is 2. The first kappa shape index (κ1) is 26.5. The molecule has 0 saturated carbocycles. The summed E-state index contributed by atoms with van der Waals surface area (Å²) < 4.78 is 0. The van der Waals surface area contributed by atoms with Crippen LogP contribution in [0.25, 0.3) is 0 Å². The van der Waals surface area contributed by atoms with Crippen LogP contribution in [0, 0.1) is 5.92 Å². The Bertz CT molecular complexity index is 921. The van der Waals surface area contributed by atoms with Crippen molar-refractivity contribution in [1.82, 2.24) is 4.90 Å². The highest BCUT2D eigenvalue weighted by Gasteiger charge is 2.28. The molecule has 4 nitrogen and oxygen atoms in total. The molecule has 1 fully saturated rings. The van der Waals surface area contributed by atoms with Gasteiger partial charge >= 0.3 is 0 Å². The summed E-state index contributed by atoms with van der Waals surface area (Å²) >= 11 is 6.00. The van der Waals surface area contributed by atoms with E-state index >= 15 is 0 Å². The topological polar surface area (TPSA) is 49.6 Å². The van der Waals surface area contributed by atoms with Crippen LogP contribution >= 0.6 is 11.6 Å². The van der Waals surface area contributed by atoms with E-state index in [1.54, 1.807) is 0 Å². The van der Waals surface area contributed by atoms with Gasteiger partial charge in [0.25, 0.3) is 0 Å². The fourth-order valence-corrected chi connectivity index (χ4v) is 4.93. The molecule has 184 valence electrons. The Morgan fingerprint density at radius 2 is 1.74 bits per heavy atom. The molecule has 0 radical (unpaired) electrons. The van der Waals surface area contributed by atoms with E-state index in [0.717, 1.165) is 63.2 Å². The predicted octanol–water partition coefficient (Wildman–Crippen LogP) is 5.52. The van der Waals surface area contributed by atoms with Crippen LogP contribution in [-0.2, 0) is 17.6 Å². The average Bonchev–Trinajstić information content (AvgIpc) is 3.27. The lowest BCUT2D eigenvalue weighted by molar-refractivity contribution is -0.109. The molecular formula is C29H40ClN3O. The zero-order valence-electron chi connectivity index (χ0n) is 20.9. The summed E-state index contributed by atoms with van der Waals surface area (Å²) in [5.74, 6) is 0.421. The van der Waals surface area contributed by atoms with Gasteiger partial charge in [-0.05, 0) is 80.8 Å². The van der Waals surface area contributed by atoms with Crippen molar-refractivity contribution in [3.8, 4) is 0 Å². The second-order valence-corrected chi connectivity index (χ2v) is 10.5. The van der Waals surface area contributed by atoms with Crippen molar-refractivity contribution in [2.24, 2.45) is 11.7 Å². The third-order valence-corrected chi connectivity index (χ3v) is 6.94. The van der Waals surface area contributed by atoms with Gasteiger partial charge in [0.05, 0.1) is 6.04 Å². The van der Waals surface area contributed by atoms with Gasteiger partial charge in [0, 0.05) is 42.9 Å². The Morgan fingerprint density at radius 1 is 1.12 bits per heavy atom. The molecule has 0 spiro atoms. The first-order valence-electron chi connectivity index (χ1n) is 12.5. The maximum Gasteiger partial charge on any atom is 0.136 e. The van der Waals surface area contributed by atoms with Crippen LogP contribution < -0.4 is 10.6 Å². The maximum absolute atomic E-state index is 10.9. The number of allylic oxidation sites excluding steroid dienone is 1. The van der Waals surface area contributed by atoms with E-state index in [9.17, 15) is 4.79 Å². The molecule has 0 amide bonds. The monoisotopic (exact) mass is 481 g/mol. The second-order valence-electron chi connectivity index (χ2n) is 10.1. The average molecular weight is 482 g/mol. The molecule has 0 aromatic heterocycles. The molecule has 3 atom stereocenters. The van der Waals surface area contributed by atoms with Crippen LogP contribution in [0.5, 0.6) is 0 Å². The fraction of sp³-hybridized carbons (Fsp3) is 0.483. The third kappa shape index (κ3) is 8.26. The summed E-state index contributed by atoms with van der Waals surface area (Å²) in [6.07, 6.45) is 7.13. The van der Waals surface area contributed by atoms with Gasteiger partial charge in [-0.2, -0.15) is 0 Å². The Hall–Kier alpha value is -2.14. The van der Waals surface area contributed by atoms with Crippen LogP contribution in [-0.4, -0.2) is 49.4 Å². The number of nitrogens with zero attached hydrogens (tertiary/aromatic N) is 2. The molecule has 1 aliphatic heterocycles. The van der Waals surface area contributed by atoms with Gasteiger partial charge in [-0.25, -0.2) is 0 Å². The highest BCUT2D eigenvalue weighted by Crippen LogP contribution is 2.25. The van der Waals surface area contributed by atoms with E-state index in [1.165, 1.54) is 22.4 Å². The van der Waals surface area contributed by atoms with E-state index in [4.69, 9.17) is 17.3 Å². The zero-order valence-corrected chi connectivity index (χ0v) is 21.7. The van der Waals surface area contributed by atoms with Gasteiger partial charge in [0.15, 0.2) is 0 Å². The highest BCUT2D eigenvalue weighted by atomic mass is 35.5. The lowest BCUT2D eigenvalue weighted by atomic mass is 10.0. The molecule has 1 aliphatic rings. The normalized spacial score (nSPS) is 17.9. The standard InChI is InChI=1S/C29H40ClN3O/c1-22(2)14-17-33(29-15-16-32(20-29)19-23(3)18-27(31)21-34)28-12-8-25(9-13-28)5-4-24-6-10-26(30)11-7-24/h6-14,21,23,27,29H,4-5,15-20,31H2,1-3H3. The summed E-state index contributed by atoms with van der Waals surface area (Å²) in [7, 11) is 0. The maximum atomic E-state index is 10.9. The number of nitrogens with two attached hydrogens (primary N) is 1. The van der Waals surface area contributed by atoms with Crippen LogP contribution in [0.2, 0.25) is 5.02 Å². The lowest BCUT2D eigenvalue weighted by Crippen LogP contribution is -2.39. The van der Waals surface area contributed by atoms with Crippen LogP contribution in [0.15, 0.2) is 60.2 Å². The van der Waals surface area contributed by atoms with E-state index in [1.807, 2.05) is 12.1 Å². The van der Waals surface area contributed by atoms with E-state index in [2.05, 4.69) is 73.0 Å². The molecule has 2 N–H and O–H groups in total. The predicted molar refractivity (Wildman–Crippen MR) is 145 cm³/mol. The minimum Gasteiger partial charge on any atom is -0.363 e. The van der Waals surface area contributed by atoms with E-state index in [-0.39, 0.29) is 6.04 Å². The van der Waals surface area contributed by atoms with Gasteiger partial charge in [0.1, 0.15) is 6.29 Å². The van der Waals surface area contributed by atoms with Crippen LogP contribution in [0.1, 0.15) is 44.7 Å². The number of aldehydes is 1. The molecule has 34 heavy (non-hydrogen) atoms. The Balaban J connectivity index is 1.62. The number of hydrogen-bond donors (Lipinski definition) is 1. The molecule has 3 unspecified atom stereocenters. The quantitative estimate of drug-likeness (QED) is 0.320. The van der Waals surface area contributed by atoms with Crippen molar-refractivity contribution in [1.29, 1.82) is 0 Å². The fourth-order valence-electron chi connectivity index (χ4n) is 4.81. The Kier molecular flexibility index (Phi) is 10.2. The number of anilines is 1. The van der Waals surface area contributed by atoms with Gasteiger partial charge < -0.3 is 20.3 Å². The van der Waals surface area contributed by atoms with Crippen molar-refractivity contribution >= 4 is 23.6 Å². The minimum atomic E-state index is -0.347. The minimum absolute atomic E-state index is 0.347. The molecule has 2 aromatic rings. The number of carbonyl (C=O) groups excluding carboxylic acids is 1. The van der Waals surface area contributed by atoms with Crippen LogP contribution in [0.4, 0.5) is 5.69 Å². The summed E-state index contributed by atoms with van der Waals surface area (Å²) in [5, 5.41) is 0.786. The van der Waals surface area contributed by atoms with Gasteiger partial charge in [0.2, 0.25) is 0 Å². The van der Waals surface area contributed by atoms with Crippen LogP contribution in [0.3, 0.4) is 0 Å². The number of benzene rings is 2. The van der Waals surface area contributed by atoms with E-state index in [0.29, 0.717) is 12.0 Å². The molecule has 3 rings (SSSR count). The van der Waals surface area contributed by atoms with Gasteiger partial charge in [-0.3, -0.25) is 0 Å². The summed E-state index contributed by atoms with van der Waals surface area (Å²) in [5.41, 5.74) is 11.1. The number of rotatable bonds is 12. The molecule has 1 saturated heterocycles. The second kappa shape index (κ2) is 13.1. The third-order valence-electron chi connectivity index (χ3n) is 6.69. The Labute approximate surface area is 210 Å². The number of likely N-dealkylation sites (tertiary alicyclic amines) is 1. The first-order chi connectivity index (χ1) is 16.3. The molecule has 2 aromatic carbocycles. The highest BCUT2D eigenvalue weighted by molar-refractivity contribution is 6.30. The number of halogens is 1. The van der Waals surface area contributed by atoms with Gasteiger partial charge in [-0.15, -0.1) is 0 Å². The summed E-state index contributed by atoms with van der Waals surface area (Å²) in [6.45, 7) is 10.6. The zero-order chi connectivity index (χ0) is 24.5. The van der Waals surface area contributed by atoms with Crippen molar-refractivity contribution < 1.29 is 4.79 Å². The largest absolute Gasteiger partial charge is 0.363 e. The van der Waals surface area contributed by atoms with E-state index < -0.39 is 0 Å². The molecular weight excluding hydrogens is 442 g/mol. The van der Waals surface area contributed by atoms with Gasteiger partial charge in [-0.1, -0.05) is 54.4 Å². The lowest BCUT2D eigenvalue weighted by Gasteiger charge is -2.31. The summed E-state index contributed by atoms with van der Waals surface area (Å²) in [4.78, 5) is 16.0. The SMILES string of the molecule is CC(C)=CCN(c1ccc(CCc2ccc(Cl)cc2)cc1)C1CCN(CC(C)CC(N)C=O)C1. The summed E-state index contributed by atoms with van der Waals surface area (Å²) in [6, 6.07) is 17.4. The molecule has 0 aliphatic carbocycles. The number of carbonyl (C=O) groups is 1. The van der Waals surface area contributed by atoms with Crippen molar-refractivity contribution in [2.75, 3.05) is 31.1 Å². The molecule has 1 heterocycles. The first-order valence-corrected chi connectivity index (χ1v) is 12.9. The van der Waals surface area contributed by atoms with Crippen molar-refractivity contribution in [3.05, 3.63) is 76.3 Å².